The molecule has 0 aromatic carbocycles. The standard InChI is InChI=1S/C15H31N3O/c1-16-10-12-18(13-11-16)9-5-8-17(2)14-15(19)6-3-4-7-15/h19H,3-14H2,1-2H3. The Hall–Kier alpha value is -0.160. The normalized spacial score (nSPS) is 25.3. The van der Waals surface area contributed by atoms with Crippen LogP contribution >= 0.6 is 0 Å². The number of likely N-dealkylation sites (N-methyl/N-ethyl adjacent to an activating group) is 2. The maximum absolute atomic E-state index is 10.4. The lowest BCUT2D eigenvalue weighted by Crippen LogP contribution is -2.45. The largest absolute Gasteiger partial charge is 0.389 e. The van der Waals surface area contributed by atoms with Crippen LogP contribution in [0.15, 0.2) is 0 Å². The molecule has 2 fully saturated rings. The molecular weight excluding hydrogens is 238 g/mol. The van der Waals surface area contributed by atoms with Crippen LogP contribution in [-0.4, -0.2) is 85.3 Å². The average Bonchev–Trinajstić information content (AvgIpc) is 2.78. The van der Waals surface area contributed by atoms with Gasteiger partial charge in [-0.05, 0) is 46.4 Å². The Labute approximate surface area is 118 Å². The highest BCUT2D eigenvalue weighted by molar-refractivity contribution is 4.86. The minimum absolute atomic E-state index is 0.386. The molecule has 1 saturated heterocycles. The Kier molecular flexibility index (Phi) is 5.63. The van der Waals surface area contributed by atoms with E-state index in [1.807, 2.05) is 0 Å². The number of rotatable bonds is 6. The highest BCUT2D eigenvalue weighted by Crippen LogP contribution is 2.29. The van der Waals surface area contributed by atoms with Crippen LogP contribution in [0.25, 0.3) is 0 Å². The lowest BCUT2D eigenvalue weighted by molar-refractivity contribution is 0.0154. The van der Waals surface area contributed by atoms with Gasteiger partial charge in [-0.15, -0.1) is 0 Å². The van der Waals surface area contributed by atoms with E-state index in [1.54, 1.807) is 0 Å². The third-order valence-corrected chi connectivity index (χ3v) is 4.71. The zero-order valence-corrected chi connectivity index (χ0v) is 12.8. The second kappa shape index (κ2) is 7.02. The van der Waals surface area contributed by atoms with Crippen molar-refractivity contribution in [1.82, 2.24) is 14.7 Å². The van der Waals surface area contributed by atoms with Gasteiger partial charge in [-0.1, -0.05) is 12.8 Å². The first kappa shape index (κ1) is 15.2. The maximum Gasteiger partial charge on any atom is 0.0774 e. The van der Waals surface area contributed by atoms with Gasteiger partial charge in [-0.3, -0.25) is 0 Å². The molecule has 0 amide bonds. The van der Waals surface area contributed by atoms with E-state index in [9.17, 15) is 5.11 Å². The van der Waals surface area contributed by atoms with Crippen LogP contribution in [0.5, 0.6) is 0 Å². The summed E-state index contributed by atoms with van der Waals surface area (Å²) in [5, 5.41) is 10.4. The molecule has 4 nitrogen and oxygen atoms in total. The monoisotopic (exact) mass is 269 g/mol. The van der Waals surface area contributed by atoms with Gasteiger partial charge in [0.25, 0.3) is 0 Å². The summed E-state index contributed by atoms with van der Waals surface area (Å²) in [6.45, 7) is 8.00. The van der Waals surface area contributed by atoms with Crippen molar-refractivity contribution in [3.8, 4) is 0 Å². The van der Waals surface area contributed by atoms with Crippen molar-refractivity contribution in [2.75, 3.05) is 59.9 Å². The van der Waals surface area contributed by atoms with Gasteiger partial charge < -0.3 is 19.8 Å². The maximum atomic E-state index is 10.4. The molecular formula is C15H31N3O. The Morgan fingerprint density at radius 3 is 2.37 bits per heavy atom. The minimum Gasteiger partial charge on any atom is -0.389 e. The van der Waals surface area contributed by atoms with E-state index in [-0.39, 0.29) is 5.60 Å². The lowest BCUT2D eigenvalue weighted by atomic mass is 10.0. The topological polar surface area (TPSA) is 30.0 Å². The van der Waals surface area contributed by atoms with E-state index in [1.165, 1.54) is 52.0 Å². The zero-order valence-electron chi connectivity index (χ0n) is 12.8. The summed E-state index contributed by atoms with van der Waals surface area (Å²) < 4.78 is 0. The van der Waals surface area contributed by atoms with Crippen molar-refractivity contribution < 1.29 is 5.11 Å². The predicted molar refractivity (Wildman–Crippen MR) is 79.5 cm³/mol. The van der Waals surface area contributed by atoms with Crippen molar-refractivity contribution in [1.29, 1.82) is 0 Å². The summed E-state index contributed by atoms with van der Waals surface area (Å²) in [4.78, 5) is 7.29. The van der Waals surface area contributed by atoms with Crippen LogP contribution in [0.2, 0.25) is 0 Å². The molecule has 1 aliphatic carbocycles. The summed E-state index contributed by atoms with van der Waals surface area (Å²) in [5.41, 5.74) is -0.386. The van der Waals surface area contributed by atoms with Crippen molar-refractivity contribution in [2.24, 2.45) is 0 Å². The van der Waals surface area contributed by atoms with Crippen LogP contribution in [0.1, 0.15) is 32.1 Å². The first-order valence-electron chi connectivity index (χ1n) is 7.89. The van der Waals surface area contributed by atoms with E-state index in [0.29, 0.717) is 0 Å². The molecule has 4 heteroatoms. The molecule has 0 aromatic rings. The van der Waals surface area contributed by atoms with Crippen molar-refractivity contribution in [3.63, 3.8) is 0 Å². The Balaban J connectivity index is 1.57. The van der Waals surface area contributed by atoms with E-state index in [0.717, 1.165) is 25.9 Å². The summed E-state index contributed by atoms with van der Waals surface area (Å²) in [6.07, 6.45) is 5.61. The van der Waals surface area contributed by atoms with E-state index in [2.05, 4.69) is 28.8 Å². The van der Waals surface area contributed by atoms with Gasteiger partial charge in [0.05, 0.1) is 5.60 Å². The number of piperazine rings is 1. The molecule has 1 aliphatic heterocycles. The molecule has 1 heterocycles. The van der Waals surface area contributed by atoms with Crippen LogP contribution < -0.4 is 0 Å². The fourth-order valence-corrected chi connectivity index (χ4v) is 3.41. The summed E-state index contributed by atoms with van der Waals surface area (Å²) >= 11 is 0. The second-order valence-corrected chi connectivity index (χ2v) is 6.67. The lowest BCUT2D eigenvalue weighted by Gasteiger charge is -2.33. The molecule has 2 aliphatic rings. The molecule has 112 valence electrons. The van der Waals surface area contributed by atoms with Crippen LogP contribution in [0.4, 0.5) is 0 Å². The van der Waals surface area contributed by atoms with Gasteiger partial charge in [0.2, 0.25) is 0 Å². The highest BCUT2D eigenvalue weighted by atomic mass is 16.3. The highest BCUT2D eigenvalue weighted by Gasteiger charge is 2.31. The van der Waals surface area contributed by atoms with Gasteiger partial charge in [0.1, 0.15) is 0 Å². The predicted octanol–water partition coefficient (Wildman–Crippen LogP) is 0.861. The Morgan fingerprint density at radius 2 is 1.74 bits per heavy atom. The number of aliphatic hydroxyl groups is 1. The van der Waals surface area contributed by atoms with Crippen LogP contribution in [-0.2, 0) is 0 Å². The quantitative estimate of drug-likeness (QED) is 0.775. The first-order valence-corrected chi connectivity index (χ1v) is 7.89. The number of nitrogens with zero attached hydrogens (tertiary/aromatic N) is 3. The fourth-order valence-electron chi connectivity index (χ4n) is 3.41. The molecule has 0 bridgehead atoms. The number of hydrogen-bond donors (Lipinski definition) is 1. The van der Waals surface area contributed by atoms with E-state index < -0.39 is 0 Å². The summed E-state index contributed by atoms with van der Waals surface area (Å²) in [6, 6.07) is 0. The third-order valence-electron chi connectivity index (χ3n) is 4.71. The molecule has 0 unspecified atom stereocenters. The van der Waals surface area contributed by atoms with Crippen LogP contribution in [0.3, 0.4) is 0 Å². The van der Waals surface area contributed by atoms with Gasteiger partial charge in [-0.25, -0.2) is 0 Å². The molecule has 0 radical (unpaired) electrons. The summed E-state index contributed by atoms with van der Waals surface area (Å²) in [7, 11) is 4.35. The van der Waals surface area contributed by atoms with Gasteiger partial charge in [0.15, 0.2) is 0 Å². The van der Waals surface area contributed by atoms with Gasteiger partial charge in [-0.2, -0.15) is 0 Å². The Morgan fingerprint density at radius 1 is 1.11 bits per heavy atom. The minimum atomic E-state index is -0.386. The van der Waals surface area contributed by atoms with Crippen molar-refractivity contribution in [3.05, 3.63) is 0 Å². The SMILES string of the molecule is CN1CCN(CCCN(C)CC2(O)CCCC2)CC1. The second-order valence-electron chi connectivity index (χ2n) is 6.67. The van der Waals surface area contributed by atoms with Gasteiger partial charge in [0, 0.05) is 32.7 Å². The van der Waals surface area contributed by atoms with Crippen molar-refractivity contribution in [2.45, 2.75) is 37.7 Å². The van der Waals surface area contributed by atoms with Crippen LogP contribution in [0, 0.1) is 0 Å². The molecule has 1 N–H and O–H groups in total. The molecule has 0 atom stereocenters. The summed E-state index contributed by atoms with van der Waals surface area (Å²) in [5.74, 6) is 0. The molecule has 19 heavy (non-hydrogen) atoms. The van der Waals surface area contributed by atoms with Crippen molar-refractivity contribution >= 4 is 0 Å². The molecule has 1 saturated carbocycles. The third kappa shape index (κ3) is 5.03. The molecule has 2 rings (SSSR count). The fraction of sp³-hybridized carbons (Fsp3) is 1.00. The van der Waals surface area contributed by atoms with Gasteiger partial charge >= 0.3 is 0 Å². The zero-order chi connectivity index (χ0) is 13.7. The molecule has 0 aromatic heterocycles. The average molecular weight is 269 g/mol. The van der Waals surface area contributed by atoms with E-state index in [4.69, 9.17) is 0 Å². The smallest absolute Gasteiger partial charge is 0.0774 e. The first-order chi connectivity index (χ1) is 9.07. The number of hydrogen-bond acceptors (Lipinski definition) is 4. The molecule has 0 spiro atoms. The Bertz CT molecular complexity index is 258. The van der Waals surface area contributed by atoms with E-state index >= 15 is 0 Å².